The first kappa shape index (κ1) is 13.1. The second kappa shape index (κ2) is 5.55. The van der Waals surface area contributed by atoms with Gasteiger partial charge in [-0.05, 0) is 49.9 Å². The molecule has 2 rings (SSSR count). The van der Waals surface area contributed by atoms with Crippen LogP contribution in [0.3, 0.4) is 0 Å². The summed E-state index contributed by atoms with van der Waals surface area (Å²) < 4.78 is 0. The van der Waals surface area contributed by atoms with E-state index >= 15 is 0 Å². The third kappa shape index (κ3) is 2.92. The van der Waals surface area contributed by atoms with Gasteiger partial charge in [-0.25, -0.2) is 0 Å². The molecule has 0 amide bonds. The Labute approximate surface area is 111 Å². The lowest BCUT2D eigenvalue weighted by atomic mass is 9.88. The highest BCUT2D eigenvalue weighted by molar-refractivity contribution is 5.96. The summed E-state index contributed by atoms with van der Waals surface area (Å²) in [5, 5.41) is 8.39. The van der Waals surface area contributed by atoms with Crippen molar-refractivity contribution in [2.75, 3.05) is 11.9 Å². The fourth-order valence-corrected chi connectivity index (χ4v) is 2.93. The van der Waals surface area contributed by atoms with Gasteiger partial charge in [0.25, 0.3) is 0 Å². The number of nitrogens with zero attached hydrogens (tertiary/aromatic N) is 1. The Morgan fingerprint density at radius 1 is 1.06 bits per heavy atom. The van der Waals surface area contributed by atoms with Crippen molar-refractivity contribution in [3.8, 4) is 0 Å². The lowest BCUT2D eigenvalue weighted by Gasteiger charge is -2.29. The van der Waals surface area contributed by atoms with Crippen LogP contribution >= 0.6 is 0 Å². The molecule has 0 bridgehead atoms. The molecule has 0 aromatic heterocycles. The standard InChI is InChI=1S/C16H24N2/c1-12-9-13(2)11-15(10-12)18(3)16(17)14-7-5-4-6-8-14/h9-11,14,17H,4-8H2,1-3H3. The molecule has 2 nitrogen and oxygen atoms in total. The number of hydrogen-bond acceptors (Lipinski definition) is 1. The Balaban J connectivity index is 2.14. The van der Waals surface area contributed by atoms with E-state index < -0.39 is 0 Å². The maximum Gasteiger partial charge on any atom is 0.103 e. The first-order valence-electron chi connectivity index (χ1n) is 6.98. The Morgan fingerprint density at radius 2 is 1.61 bits per heavy atom. The summed E-state index contributed by atoms with van der Waals surface area (Å²) in [6.45, 7) is 4.24. The number of hydrogen-bond donors (Lipinski definition) is 1. The molecular formula is C16H24N2. The molecule has 0 saturated heterocycles. The third-order valence-electron chi connectivity index (χ3n) is 3.95. The second-order valence-electron chi connectivity index (χ2n) is 5.63. The fourth-order valence-electron chi connectivity index (χ4n) is 2.93. The Morgan fingerprint density at radius 3 is 2.17 bits per heavy atom. The van der Waals surface area contributed by atoms with Gasteiger partial charge >= 0.3 is 0 Å². The van der Waals surface area contributed by atoms with Gasteiger partial charge in [-0.2, -0.15) is 0 Å². The van der Waals surface area contributed by atoms with Gasteiger partial charge in [0.1, 0.15) is 5.84 Å². The minimum absolute atomic E-state index is 0.463. The molecule has 1 aliphatic carbocycles. The highest BCUT2D eigenvalue weighted by Gasteiger charge is 2.21. The predicted molar refractivity (Wildman–Crippen MR) is 78.6 cm³/mol. The van der Waals surface area contributed by atoms with Gasteiger partial charge in [0, 0.05) is 18.7 Å². The van der Waals surface area contributed by atoms with Gasteiger partial charge < -0.3 is 4.90 Å². The predicted octanol–water partition coefficient (Wildman–Crippen LogP) is 4.30. The van der Waals surface area contributed by atoms with Gasteiger partial charge in [-0.15, -0.1) is 0 Å². The molecule has 0 unspecified atom stereocenters. The maximum atomic E-state index is 8.39. The number of amidine groups is 1. The SMILES string of the molecule is Cc1cc(C)cc(N(C)C(=N)C2CCCCC2)c1. The molecule has 1 N–H and O–H groups in total. The average molecular weight is 244 g/mol. The lowest BCUT2D eigenvalue weighted by Crippen LogP contribution is -2.33. The summed E-state index contributed by atoms with van der Waals surface area (Å²) in [7, 11) is 2.03. The molecule has 2 heteroatoms. The Bertz CT molecular complexity index is 410. The van der Waals surface area contributed by atoms with E-state index in [9.17, 15) is 0 Å². The molecule has 1 fully saturated rings. The quantitative estimate of drug-likeness (QED) is 0.609. The number of benzene rings is 1. The fraction of sp³-hybridized carbons (Fsp3) is 0.562. The maximum absolute atomic E-state index is 8.39. The topological polar surface area (TPSA) is 27.1 Å². The molecule has 1 aliphatic rings. The van der Waals surface area contributed by atoms with Gasteiger partial charge in [-0.1, -0.05) is 25.3 Å². The van der Waals surface area contributed by atoms with E-state index in [4.69, 9.17) is 5.41 Å². The van der Waals surface area contributed by atoms with Crippen LogP contribution in [0.2, 0.25) is 0 Å². The monoisotopic (exact) mass is 244 g/mol. The van der Waals surface area contributed by atoms with Gasteiger partial charge in [0.05, 0.1) is 0 Å². The molecule has 18 heavy (non-hydrogen) atoms. The minimum atomic E-state index is 0.463. The molecule has 1 saturated carbocycles. The van der Waals surface area contributed by atoms with Crippen molar-refractivity contribution in [2.24, 2.45) is 5.92 Å². The van der Waals surface area contributed by atoms with Crippen molar-refractivity contribution in [3.63, 3.8) is 0 Å². The number of rotatable bonds is 2. The lowest BCUT2D eigenvalue weighted by molar-refractivity contribution is 0.435. The minimum Gasteiger partial charge on any atom is -0.333 e. The van der Waals surface area contributed by atoms with Crippen molar-refractivity contribution in [1.29, 1.82) is 5.41 Å². The molecule has 1 aromatic carbocycles. The third-order valence-corrected chi connectivity index (χ3v) is 3.95. The molecule has 0 spiro atoms. The summed E-state index contributed by atoms with van der Waals surface area (Å²) >= 11 is 0. The molecule has 0 atom stereocenters. The van der Waals surface area contributed by atoms with Crippen LogP contribution in [0.15, 0.2) is 18.2 Å². The summed E-state index contributed by atoms with van der Waals surface area (Å²) in [5.41, 5.74) is 3.70. The van der Waals surface area contributed by atoms with Crippen LogP contribution in [0.1, 0.15) is 43.2 Å². The normalized spacial score (nSPS) is 16.6. The molecule has 1 aromatic rings. The molecule has 98 valence electrons. The summed E-state index contributed by atoms with van der Waals surface area (Å²) in [5.74, 6) is 1.25. The zero-order valence-electron chi connectivity index (χ0n) is 11.8. The summed E-state index contributed by atoms with van der Waals surface area (Å²) in [6, 6.07) is 6.52. The summed E-state index contributed by atoms with van der Waals surface area (Å²) in [4.78, 5) is 2.07. The van der Waals surface area contributed by atoms with Gasteiger partial charge in [-0.3, -0.25) is 5.41 Å². The zero-order valence-corrected chi connectivity index (χ0v) is 11.8. The van der Waals surface area contributed by atoms with Crippen LogP contribution in [0.25, 0.3) is 0 Å². The number of anilines is 1. The number of nitrogens with one attached hydrogen (secondary N) is 1. The van der Waals surface area contributed by atoms with E-state index in [0.29, 0.717) is 5.92 Å². The molecular weight excluding hydrogens is 220 g/mol. The van der Waals surface area contributed by atoms with Crippen molar-refractivity contribution in [3.05, 3.63) is 29.3 Å². The van der Waals surface area contributed by atoms with Crippen molar-refractivity contribution >= 4 is 11.5 Å². The Kier molecular flexibility index (Phi) is 4.05. The first-order valence-corrected chi connectivity index (χ1v) is 6.98. The highest BCUT2D eigenvalue weighted by Crippen LogP contribution is 2.27. The van der Waals surface area contributed by atoms with Crippen molar-refractivity contribution < 1.29 is 0 Å². The largest absolute Gasteiger partial charge is 0.333 e. The molecule has 0 radical (unpaired) electrons. The zero-order chi connectivity index (χ0) is 13.1. The van der Waals surface area contributed by atoms with E-state index in [1.54, 1.807) is 0 Å². The van der Waals surface area contributed by atoms with Crippen LogP contribution in [0.4, 0.5) is 5.69 Å². The smallest absolute Gasteiger partial charge is 0.103 e. The van der Waals surface area contributed by atoms with Crippen molar-refractivity contribution in [1.82, 2.24) is 0 Å². The van der Waals surface area contributed by atoms with Crippen LogP contribution in [-0.2, 0) is 0 Å². The van der Waals surface area contributed by atoms with Crippen LogP contribution < -0.4 is 4.90 Å². The van der Waals surface area contributed by atoms with Crippen LogP contribution in [-0.4, -0.2) is 12.9 Å². The number of aryl methyl sites for hydroxylation is 2. The molecule has 0 aliphatic heterocycles. The Hall–Kier alpha value is -1.31. The molecule has 0 heterocycles. The van der Waals surface area contributed by atoms with E-state index in [-0.39, 0.29) is 0 Å². The van der Waals surface area contributed by atoms with Crippen LogP contribution in [0, 0.1) is 25.2 Å². The van der Waals surface area contributed by atoms with Gasteiger partial charge in [0.15, 0.2) is 0 Å². The average Bonchev–Trinajstić information content (AvgIpc) is 2.37. The van der Waals surface area contributed by atoms with Crippen molar-refractivity contribution in [2.45, 2.75) is 46.0 Å². The van der Waals surface area contributed by atoms with E-state index in [2.05, 4.69) is 36.9 Å². The second-order valence-corrected chi connectivity index (χ2v) is 5.63. The highest BCUT2D eigenvalue weighted by atomic mass is 15.1. The van der Waals surface area contributed by atoms with Gasteiger partial charge in [0.2, 0.25) is 0 Å². The van der Waals surface area contributed by atoms with Crippen LogP contribution in [0.5, 0.6) is 0 Å². The van der Waals surface area contributed by atoms with E-state index in [1.807, 2.05) is 7.05 Å². The summed E-state index contributed by atoms with van der Waals surface area (Å²) in [6.07, 6.45) is 6.29. The van der Waals surface area contributed by atoms with E-state index in [0.717, 1.165) is 11.5 Å². The first-order chi connectivity index (χ1) is 8.58. The van der Waals surface area contributed by atoms with E-state index in [1.165, 1.54) is 43.2 Å².